The number of nitrogens with zero attached hydrogens (tertiary/aromatic N) is 2. The Morgan fingerprint density at radius 1 is 1.15 bits per heavy atom. The molecule has 1 aromatic carbocycles. The van der Waals surface area contributed by atoms with Gasteiger partial charge in [-0.2, -0.15) is 0 Å². The first kappa shape index (κ1) is 22.7. The first-order chi connectivity index (χ1) is 12.1. The fourth-order valence-electron chi connectivity index (χ4n) is 3.20. The van der Waals surface area contributed by atoms with Gasteiger partial charge < -0.3 is 15.5 Å². The number of carbonyl (C=O) groups is 1. The van der Waals surface area contributed by atoms with Crippen LogP contribution in [-0.4, -0.2) is 49.5 Å². The molecule has 0 spiro atoms. The van der Waals surface area contributed by atoms with Gasteiger partial charge in [0, 0.05) is 32.1 Å². The summed E-state index contributed by atoms with van der Waals surface area (Å²) in [6, 6.07) is 10.6. The molecule has 5 nitrogen and oxygen atoms in total. The number of halogens is 1. The molecular weight excluding hydrogens is 439 g/mol. The minimum absolute atomic E-state index is 0. The van der Waals surface area contributed by atoms with E-state index in [0.717, 1.165) is 45.0 Å². The number of likely N-dealkylation sites (tertiary alicyclic amines) is 1. The third kappa shape index (κ3) is 7.13. The molecule has 1 heterocycles. The maximum Gasteiger partial charge on any atom is 0.244 e. The van der Waals surface area contributed by atoms with Crippen molar-refractivity contribution in [3.63, 3.8) is 0 Å². The second kappa shape index (κ2) is 12.1. The van der Waals surface area contributed by atoms with Crippen LogP contribution in [0.4, 0.5) is 0 Å². The highest BCUT2D eigenvalue weighted by Gasteiger charge is 2.18. The van der Waals surface area contributed by atoms with Gasteiger partial charge in [0.1, 0.15) is 6.54 Å². The molecule has 2 N–H and O–H groups in total. The van der Waals surface area contributed by atoms with Crippen molar-refractivity contribution in [1.82, 2.24) is 15.5 Å². The lowest BCUT2D eigenvalue weighted by Crippen LogP contribution is -2.41. The van der Waals surface area contributed by atoms with E-state index in [1.54, 1.807) is 0 Å². The van der Waals surface area contributed by atoms with Crippen molar-refractivity contribution in [2.75, 3.05) is 32.7 Å². The fourth-order valence-corrected chi connectivity index (χ4v) is 3.20. The average molecular weight is 472 g/mol. The Balaban J connectivity index is 0.00000338. The van der Waals surface area contributed by atoms with E-state index in [1.807, 2.05) is 17.9 Å². The van der Waals surface area contributed by atoms with Gasteiger partial charge in [0.15, 0.2) is 5.96 Å². The Kier molecular flexibility index (Phi) is 10.6. The average Bonchev–Trinajstić information content (AvgIpc) is 3.15. The summed E-state index contributed by atoms with van der Waals surface area (Å²) in [7, 11) is 0. The Morgan fingerprint density at radius 2 is 1.81 bits per heavy atom. The molecule has 1 unspecified atom stereocenters. The number of hydrogen-bond donors (Lipinski definition) is 2. The van der Waals surface area contributed by atoms with Crippen LogP contribution in [0.2, 0.25) is 0 Å². The summed E-state index contributed by atoms with van der Waals surface area (Å²) in [6.07, 6.45) is 2.22. The topological polar surface area (TPSA) is 56.7 Å². The lowest BCUT2D eigenvalue weighted by atomic mass is 9.88. The van der Waals surface area contributed by atoms with Crippen molar-refractivity contribution >= 4 is 35.8 Å². The fraction of sp³-hybridized carbons (Fsp3) is 0.600. The zero-order valence-electron chi connectivity index (χ0n) is 16.2. The predicted molar refractivity (Wildman–Crippen MR) is 119 cm³/mol. The van der Waals surface area contributed by atoms with Crippen LogP contribution in [0.15, 0.2) is 35.3 Å². The number of benzene rings is 1. The minimum Gasteiger partial charge on any atom is -0.357 e. The van der Waals surface area contributed by atoms with Gasteiger partial charge in [-0.3, -0.25) is 4.79 Å². The van der Waals surface area contributed by atoms with E-state index in [0.29, 0.717) is 11.8 Å². The summed E-state index contributed by atoms with van der Waals surface area (Å²) in [5.41, 5.74) is 1.33. The molecule has 1 aliphatic rings. The van der Waals surface area contributed by atoms with Crippen molar-refractivity contribution in [2.24, 2.45) is 10.9 Å². The third-order valence-corrected chi connectivity index (χ3v) is 4.70. The van der Waals surface area contributed by atoms with E-state index in [1.165, 1.54) is 5.56 Å². The molecule has 1 atom stereocenters. The second-order valence-electron chi connectivity index (χ2n) is 6.93. The first-order valence-corrected chi connectivity index (χ1v) is 9.46. The monoisotopic (exact) mass is 472 g/mol. The molecule has 1 aromatic rings. The van der Waals surface area contributed by atoms with Gasteiger partial charge in [0.2, 0.25) is 5.91 Å². The molecule has 6 heteroatoms. The van der Waals surface area contributed by atoms with Crippen LogP contribution in [0, 0.1) is 5.92 Å². The highest BCUT2D eigenvalue weighted by atomic mass is 127. The summed E-state index contributed by atoms with van der Waals surface area (Å²) in [5.74, 6) is 1.76. The first-order valence-electron chi connectivity index (χ1n) is 9.46. The molecule has 1 fully saturated rings. The highest BCUT2D eigenvalue weighted by molar-refractivity contribution is 14.0. The van der Waals surface area contributed by atoms with Crippen LogP contribution in [0.3, 0.4) is 0 Å². The lowest BCUT2D eigenvalue weighted by molar-refractivity contribution is -0.128. The van der Waals surface area contributed by atoms with Gasteiger partial charge in [-0.05, 0) is 31.2 Å². The largest absolute Gasteiger partial charge is 0.357 e. The molecule has 0 radical (unpaired) electrons. The van der Waals surface area contributed by atoms with Crippen LogP contribution in [-0.2, 0) is 4.79 Å². The predicted octanol–water partition coefficient (Wildman–Crippen LogP) is 3.22. The molecule has 0 saturated carbocycles. The number of nitrogens with one attached hydrogen (secondary N) is 2. The van der Waals surface area contributed by atoms with Crippen molar-refractivity contribution in [1.29, 1.82) is 0 Å². The summed E-state index contributed by atoms with van der Waals surface area (Å²) in [5, 5.41) is 6.66. The maximum atomic E-state index is 12.2. The molecule has 0 aromatic heterocycles. The summed E-state index contributed by atoms with van der Waals surface area (Å²) >= 11 is 0. The van der Waals surface area contributed by atoms with E-state index >= 15 is 0 Å². The zero-order chi connectivity index (χ0) is 18.1. The molecule has 1 aliphatic heterocycles. The quantitative estimate of drug-likeness (QED) is 0.364. The van der Waals surface area contributed by atoms with E-state index in [4.69, 9.17) is 0 Å². The van der Waals surface area contributed by atoms with E-state index in [9.17, 15) is 4.79 Å². The minimum atomic E-state index is 0. The summed E-state index contributed by atoms with van der Waals surface area (Å²) in [6.45, 7) is 10.1. The number of carbonyl (C=O) groups excluding carboxylic acids is 1. The van der Waals surface area contributed by atoms with Crippen LogP contribution >= 0.6 is 24.0 Å². The molecule has 2 rings (SSSR count). The van der Waals surface area contributed by atoms with Gasteiger partial charge in [0.25, 0.3) is 0 Å². The number of hydrogen-bond acceptors (Lipinski definition) is 2. The lowest BCUT2D eigenvalue weighted by Gasteiger charge is -2.23. The van der Waals surface area contributed by atoms with E-state index in [-0.39, 0.29) is 36.4 Å². The van der Waals surface area contributed by atoms with Gasteiger partial charge in [-0.15, -0.1) is 24.0 Å². The molecule has 1 saturated heterocycles. The smallest absolute Gasteiger partial charge is 0.244 e. The Morgan fingerprint density at radius 3 is 2.38 bits per heavy atom. The highest BCUT2D eigenvalue weighted by Crippen LogP contribution is 2.23. The third-order valence-electron chi connectivity index (χ3n) is 4.70. The van der Waals surface area contributed by atoms with E-state index < -0.39 is 0 Å². The molecule has 146 valence electrons. The number of rotatable bonds is 7. The second-order valence-corrected chi connectivity index (χ2v) is 6.93. The van der Waals surface area contributed by atoms with Crippen molar-refractivity contribution in [2.45, 2.75) is 39.5 Å². The summed E-state index contributed by atoms with van der Waals surface area (Å²) in [4.78, 5) is 18.6. The SMILES string of the molecule is CCNC(=NCC(=O)N1CCCC1)NCC(c1ccccc1)C(C)C.I. The Hall–Kier alpha value is -1.31. The van der Waals surface area contributed by atoms with Gasteiger partial charge in [-0.1, -0.05) is 44.2 Å². The Labute approximate surface area is 175 Å². The Bertz CT molecular complexity index is 556. The summed E-state index contributed by atoms with van der Waals surface area (Å²) < 4.78 is 0. The van der Waals surface area contributed by atoms with Crippen molar-refractivity contribution in [3.8, 4) is 0 Å². The van der Waals surface area contributed by atoms with Gasteiger partial charge >= 0.3 is 0 Å². The number of aliphatic imine (C=N–C) groups is 1. The number of guanidine groups is 1. The van der Waals surface area contributed by atoms with Crippen LogP contribution in [0.1, 0.15) is 45.1 Å². The van der Waals surface area contributed by atoms with Crippen LogP contribution < -0.4 is 10.6 Å². The molecule has 0 bridgehead atoms. The number of amides is 1. The van der Waals surface area contributed by atoms with E-state index in [2.05, 4.69) is 53.7 Å². The molecular formula is C20H33IN4O. The van der Waals surface area contributed by atoms with Gasteiger partial charge in [-0.25, -0.2) is 4.99 Å². The van der Waals surface area contributed by atoms with Crippen molar-refractivity contribution in [3.05, 3.63) is 35.9 Å². The van der Waals surface area contributed by atoms with Crippen LogP contribution in [0.25, 0.3) is 0 Å². The normalized spacial score (nSPS) is 15.5. The standard InChI is InChI=1S/C20H32N4O.HI/c1-4-21-20(23-15-19(25)24-12-8-9-13-24)22-14-18(16(2)3)17-10-6-5-7-11-17;/h5-7,10-11,16,18H,4,8-9,12-15H2,1-3H3,(H2,21,22,23);1H. The molecule has 0 aliphatic carbocycles. The maximum absolute atomic E-state index is 12.2. The van der Waals surface area contributed by atoms with Crippen LogP contribution in [0.5, 0.6) is 0 Å². The molecule has 1 amide bonds. The van der Waals surface area contributed by atoms with Gasteiger partial charge in [0.05, 0.1) is 0 Å². The zero-order valence-corrected chi connectivity index (χ0v) is 18.5. The molecule has 26 heavy (non-hydrogen) atoms. The van der Waals surface area contributed by atoms with Crippen molar-refractivity contribution < 1.29 is 4.79 Å².